The van der Waals surface area contributed by atoms with Crippen molar-refractivity contribution in [2.75, 3.05) is 0 Å². The zero-order valence-corrected chi connectivity index (χ0v) is 18.0. The molecule has 0 fully saturated rings. The molecule has 0 aromatic heterocycles. The van der Waals surface area contributed by atoms with Gasteiger partial charge in [0.15, 0.2) is 0 Å². The predicted molar refractivity (Wildman–Crippen MR) is 112 cm³/mol. The van der Waals surface area contributed by atoms with Crippen molar-refractivity contribution in [2.45, 2.75) is 84.9 Å². The average molecular weight is 341 g/mol. The van der Waals surface area contributed by atoms with E-state index in [0.717, 1.165) is 11.1 Å². The molecule has 1 aromatic carbocycles. The molecule has 0 saturated carbocycles. The normalized spacial score (nSPS) is 21.2. The van der Waals surface area contributed by atoms with Gasteiger partial charge in [-0.15, -0.1) is 0 Å². The Morgan fingerprint density at radius 3 is 1.58 bits per heavy atom. The highest BCUT2D eigenvalue weighted by Gasteiger charge is 2.52. The van der Waals surface area contributed by atoms with Gasteiger partial charge in [0.05, 0.1) is 0 Å². The maximum atomic E-state index is 2.54. The lowest BCUT2D eigenvalue weighted by Crippen LogP contribution is -2.58. The highest BCUT2D eigenvalue weighted by molar-refractivity contribution is 6.96. The summed E-state index contributed by atoms with van der Waals surface area (Å²) in [7, 11) is -1.77. The Hall–Kier alpha value is -1.08. The zero-order chi connectivity index (χ0) is 18.1. The van der Waals surface area contributed by atoms with Crippen LogP contribution in [-0.2, 0) is 0 Å². The minimum absolute atomic E-state index is 0.671. The highest BCUT2D eigenvalue weighted by atomic mass is 28.3. The van der Waals surface area contributed by atoms with Crippen molar-refractivity contribution in [3.63, 3.8) is 0 Å². The summed E-state index contributed by atoms with van der Waals surface area (Å²) in [6, 6.07) is 11.6. The van der Waals surface area contributed by atoms with Crippen LogP contribution in [0.3, 0.4) is 0 Å². The molecule has 2 unspecified atom stereocenters. The summed E-state index contributed by atoms with van der Waals surface area (Å²) in [4.78, 5) is 0. The topological polar surface area (TPSA) is 0 Å². The van der Waals surface area contributed by atoms with E-state index < -0.39 is 8.07 Å². The predicted octanol–water partition coefficient (Wildman–Crippen LogP) is 7.00. The van der Waals surface area contributed by atoms with Crippen molar-refractivity contribution in [3.05, 3.63) is 52.6 Å². The van der Waals surface area contributed by atoms with E-state index in [4.69, 9.17) is 0 Å². The van der Waals surface area contributed by atoms with Gasteiger partial charge in [-0.25, -0.2) is 0 Å². The maximum absolute atomic E-state index is 2.54. The molecule has 0 spiro atoms. The fraction of sp³-hybridized carbons (Fsp3) is 0.565. The van der Waals surface area contributed by atoms with Crippen LogP contribution < -0.4 is 5.19 Å². The van der Waals surface area contributed by atoms with E-state index in [1.54, 1.807) is 27.5 Å². The molecule has 1 aliphatic carbocycles. The first-order valence-corrected chi connectivity index (χ1v) is 12.0. The molecule has 0 saturated heterocycles. The number of allylic oxidation sites excluding steroid dienone is 4. The molecule has 0 aliphatic heterocycles. The van der Waals surface area contributed by atoms with Crippen LogP contribution in [0.1, 0.15) is 68.2 Å². The monoisotopic (exact) mass is 340 g/mol. The van der Waals surface area contributed by atoms with Crippen molar-refractivity contribution in [2.24, 2.45) is 0 Å². The van der Waals surface area contributed by atoms with E-state index in [0.29, 0.717) is 5.54 Å². The number of benzene rings is 1. The third kappa shape index (κ3) is 2.75. The van der Waals surface area contributed by atoms with E-state index in [9.17, 15) is 0 Å². The van der Waals surface area contributed by atoms with Crippen LogP contribution in [0, 0.1) is 0 Å². The van der Waals surface area contributed by atoms with Crippen molar-refractivity contribution in [1.82, 2.24) is 0 Å². The van der Waals surface area contributed by atoms with Gasteiger partial charge >= 0.3 is 0 Å². The maximum Gasteiger partial charge on any atom is 0.103 e. The average Bonchev–Trinajstić information content (AvgIpc) is 2.80. The number of hydrogen-bond donors (Lipinski definition) is 0. The van der Waals surface area contributed by atoms with Crippen molar-refractivity contribution < 1.29 is 0 Å². The molecule has 1 aromatic rings. The molecule has 0 amide bonds. The van der Waals surface area contributed by atoms with Gasteiger partial charge in [-0.05, 0) is 49.9 Å². The second-order valence-corrected chi connectivity index (χ2v) is 13.0. The van der Waals surface area contributed by atoms with Crippen LogP contribution in [0.25, 0.3) is 0 Å². The molecule has 1 heteroatoms. The van der Waals surface area contributed by atoms with Crippen molar-refractivity contribution in [1.29, 1.82) is 0 Å². The SMILES string of the molecule is CCC(C)[Si](c1ccccc1)(C(C)CC)C1C(C)=C(C)C(C)=C1C. The molecule has 24 heavy (non-hydrogen) atoms. The van der Waals surface area contributed by atoms with Gasteiger partial charge in [-0.2, -0.15) is 0 Å². The number of rotatable bonds is 6. The largest absolute Gasteiger partial charge is 0.103 e. The van der Waals surface area contributed by atoms with Crippen LogP contribution in [0.2, 0.25) is 16.6 Å². The van der Waals surface area contributed by atoms with E-state index in [2.05, 4.69) is 85.7 Å². The van der Waals surface area contributed by atoms with E-state index in [-0.39, 0.29) is 0 Å². The first-order chi connectivity index (χ1) is 11.3. The summed E-state index contributed by atoms with van der Waals surface area (Å²) in [5.41, 5.74) is 8.65. The quantitative estimate of drug-likeness (QED) is 0.489. The molecule has 0 heterocycles. The minimum atomic E-state index is -1.77. The summed E-state index contributed by atoms with van der Waals surface area (Å²) >= 11 is 0. The van der Waals surface area contributed by atoms with Crippen LogP contribution in [0.5, 0.6) is 0 Å². The van der Waals surface area contributed by atoms with E-state index in [1.165, 1.54) is 12.8 Å². The van der Waals surface area contributed by atoms with Crippen molar-refractivity contribution >= 4 is 13.3 Å². The Balaban J connectivity index is 2.81. The summed E-state index contributed by atoms with van der Waals surface area (Å²) < 4.78 is 0. The van der Waals surface area contributed by atoms with Gasteiger partial charge in [0.2, 0.25) is 0 Å². The van der Waals surface area contributed by atoms with Gasteiger partial charge in [-0.1, -0.05) is 87.2 Å². The first kappa shape index (κ1) is 19.2. The van der Waals surface area contributed by atoms with Crippen LogP contribution in [0.4, 0.5) is 0 Å². The Labute approximate surface area is 151 Å². The molecule has 0 nitrogen and oxygen atoms in total. The minimum Gasteiger partial charge on any atom is -0.0654 e. The Morgan fingerprint density at radius 1 is 0.792 bits per heavy atom. The zero-order valence-electron chi connectivity index (χ0n) is 17.0. The van der Waals surface area contributed by atoms with Gasteiger partial charge < -0.3 is 0 Å². The van der Waals surface area contributed by atoms with E-state index >= 15 is 0 Å². The second-order valence-electron chi connectivity index (χ2n) is 7.97. The molecule has 0 radical (unpaired) electrons. The molecule has 132 valence electrons. The van der Waals surface area contributed by atoms with Crippen LogP contribution in [-0.4, -0.2) is 8.07 Å². The molecule has 0 N–H and O–H groups in total. The van der Waals surface area contributed by atoms with E-state index in [1.807, 2.05) is 0 Å². The van der Waals surface area contributed by atoms with Gasteiger partial charge in [0, 0.05) is 5.54 Å². The Kier molecular flexibility index (Phi) is 5.96. The van der Waals surface area contributed by atoms with Crippen LogP contribution in [0.15, 0.2) is 52.6 Å². The Bertz CT molecular complexity index is 601. The summed E-state index contributed by atoms with van der Waals surface area (Å²) in [6.07, 6.45) is 2.56. The third-order valence-electron chi connectivity index (χ3n) is 7.22. The summed E-state index contributed by atoms with van der Waals surface area (Å²) in [5.74, 6) is 0. The molecule has 1 aliphatic rings. The third-order valence-corrected chi connectivity index (χ3v) is 14.5. The highest BCUT2D eigenvalue weighted by Crippen LogP contribution is 2.55. The van der Waals surface area contributed by atoms with Gasteiger partial charge in [0.25, 0.3) is 0 Å². The fourth-order valence-electron chi connectivity index (χ4n) is 5.26. The lowest BCUT2D eigenvalue weighted by Gasteiger charge is -2.48. The summed E-state index contributed by atoms with van der Waals surface area (Å²) in [6.45, 7) is 19.4. The second kappa shape index (κ2) is 7.43. The fourth-order valence-corrected chi connectivity index (χ4v) is 12.8. The Morgan fingerprint density at radius 2 is 1.21 bits per heavy atom. The van der Waals surface area contributed by atoms with Gasteiger partial charge in [-0.3, -0.25) is 0 Å². The smallest absolute Gasteiger partial charge is 0.0654 e. The standard InChI is InChI=1S/C23H36Si/c1-9-16(3)24(17(4)10-2,22-14-12-11-13-15-22)23-20(7)18(5)19(6)21(23)8/h11-17,23H,9-10H2,1-8H3. The number of hydrogen-bond acceptors (Lipinski definition) is 0. The first-order valence-electron chi connectivity index (χ1n) is 9.74. The lowest BCUT2D eigenvalue weighted by molar-refractivity contribution is 0.740. The molecule has 0 bridgehead atoms. The van der Waals surface area contributed by atoms with Crippen molar-refractivity contribution in [3.8, 4) is 0 Å². The molecular weight excluding hydrogens is 304 g/mol. The molecule has 2 atom stereocenters. The lowest BCUT2D eigenvalue weighted by atomic mass is 10.1. The molecule has 2 rings (SSSR count). The van der Waals surface area contributed by atoms with Gasteiger partial charge in [0.1, 0.15) is 8.07 Å². The summed E-state index contributed by atoms with van der Waals surface area (Å²) in [5, 5.41) is 1.67. The van der Waals surface area contributed by atoms with Crippen LogP contribution >= 0.6 is 0 Å². The molecular formula is C23H36Si.